The normalized spacial score (nSPS) is 23.2. The van der Waals surface area contributed by atoms with Gasteiger partial charge in [0.15, 0.2) is 0 Å². The Hall–Kier alpha value is -0.120. The van der Waals surface area contributed by atoms with Gasteiger partial charge in [-0.1, -0.05) is 27.7 Å². The first-order valence-corrected chi connectivity index (χ1v) is 7.15. The molecular weight excluding hydrogens is 226 g/mol. The molecule has 0 radical (unpaired) electrons. The summed E-state index contributed by atoms with van der Waals surface area (Å²) >= 11 is 0. The second kappa shape index (κ2) is 6.88. The van der Waals surface area contributed by atoms with Gasteiger partial charge in [0, 0.05) is 19.7 Å². The number of nitrogens with one attached hydrogen (secondary N) is 1. The highest BCUT2D eigenvalue weighted by molar-refractivity contribution is 4.92. The van der Waals surface area contributed by atoms with Crippen molar-refractivity contribution in [2.75, 3.05) is 33.5 Å². The SMILES string of the molecule is COCCOCCNC1CC(C)(C)CC(C)(C)C1. The molecule has 1 N–H and O–H groups in total. The quantitative estimate of drug-likeness (QED) is 0.711. The first-order valence-electron chi connectivity index (χ1n) is 7.15. The van der Waals surface area contributed by atoms with E-state index in [0.717, 1.165) is 13.2 Å². The summed E-state index contributed by atoms with van der Waals surface area (Å²) in [4.78, 5) is 0. The van der Waals surface area contributed by atoms with Crippen molar-refractivity contribution < 1.29 is 9.47 Å². The number of ether oxygens (including phenoxy) is 2. The third-order valence-electron chi connectivity index (χ3n) is 3.67. The lowest BCUT2D eigenvalue weighted by atomic mass is 9.63. The highest BCUT2D eigenvalue weighted by Crippen LogP contribution is 2.45. The number of rotatable bonds is 7. The van der Waals surface area contributed by atoms with Gasteiger partial charge >= 0.3 is 0 Å². The van der Waals surface area contributed by atoms with Gasteiger partial charge in [0.05, 0.1) is 19.8 Å². The first kappa shape index (κ1) is 15.9. The van der Waals surface area contributed by atoms with Gasteiger partial charge in [-0.25, -0.2) is 0 Å². The smallest absolute Gasteiger partial charge is 0.0700 e. The highest BCUT2D eigenvalue weighted by Gasteiger charge is 2.37. The summed E-state index contributed by atoms with van der Waals surface area (Å²) in [6, 6.07) is 0.634. The van der Waals surface area contributed by atoms with Crippen LogP contribution in [0.25, 0.3) is 0 Å². The zero-order valence-corrected chi connectivity index (χ0v) is 12.8. The molecule has 3 nitrogen and oxygen atoms in total. The van der Waals surface area contributed by atoms with E-state index >= 15 is 0 Å². The molecule has 3 heteroatoms. The molecule has 0 spiro atoms. The van der Waals surface area contributed by atoms with E-state index in [0.29, 0.717) is 30.1 Å². The molecule has 0 unspecified atom stereocenters. The van der Waals surface area contributed by atoms with Crippen LogP contribution in [0, 0.1) is 10.8 Å². The van der Waals surface area contributed by atoms with E-state index < -0.39 is 0 Å². The van der Waals surface area contributed by atoms with Gasteiger partial charge < -0.3 is 14.8 Å². The van der Waals surface area contributed by atoms with Crippen LogP contribution < -0.4 is 5.32 Å². The maximum absolute atomic E-state index is 5.48. The lowest BCUT2D eigenvalue weighted by Crippen LogP contribution is -2.44. The lowest BCUT2D eigenvalue weighted by molar-refractivity contribution is 0.0595. The largest absolute Gasteiger partial charge is 0.382 e. The fourth-order valence-corrected chi connectivity index (χ4v) is 3.57. The van der Waals surface area contributed by atoms with Gasteiger partial charge in [-0.15, -0.1) is 0 Å². The fraction of sp³-hybridized carbons (Fsp3) is 1.00. The Bertz CT molecular complexity index is 223. The maximum Gasteiger partial charge on any atom is 0.0700 e. The minimum absolute atomic E-state index is 0.455. The van der Waals surface area contributed by atoms with Crippen LogP contribution in [0.4, 0.5) is 0 Å². The zero-order chi connectivity index (χ0) is 13.6. The topological polar surface area (TPSA) is 30.5 Å². The molecule has 18 heavy (non-hydrogen) atoms. The van der Waals surface area contributed by atoms with Crippen LogP contribution in [0.15, 0.2) is 0 Å². The molecule has 1 aliphatic carbocycles. The summed E-state index contributed by atoms with van der Waals surface area (Å²) in [7, 11) is 1.70. The number of methoxy groups -OCH3 is 1. The number of hydrogen-bond donors (Lipinski definition) is 1. The van der Waals surface area contributed by atoms with Gasteiger partial charge in [-0.2, -0.15) is 0 Å². The third kappa shape index (κ3) is 6.17. The molecule has 0 aromatic rings. The van der Waals surface area contributed by atoms with Crippen LogP contribution >= 0.6 is 0 Å². The number of hydrogen-bond acceptors (Lipinski definition) is 3. The van der Waals surface area contributed by atoms with Crippen molar-refractivity contribution in [2.24, 2.45) is 10.8 Å². The Morgan fingerprint density at radius 2 is 1.61 bits per heavy atom. The molecule has 0 saturated heterocycles. The minimum atomic E-state index is 0.455. The van der Waals surface area contributed by atoms with E-state index in [-0.39, 0.29) is 0 Å². The van der Waals surface area contributed by atoms with E-state index in [1.807, 2.05) is 0 Å². The van der Waals surface area contributed by atoms with Gasteiger partial charge in [-0.3, -0.25) is 0 Å². The predicted octanol–water partition coefficient (Wildman–Crippen LogP) is 2.84. The van der Waals surface area contributed by atoms with E-state index in [1.54, 1.807) is 7.11 Å². The monoisotopic (exact) mass is 257 g/mol. The van der Waals surface area contributed by atoms with E-state index in [1.165, 1.54) is 19.3 Å². The molecular formula is C15H31NO2. The lowest BCUT2D eigenvalue weighted by Gasteiger charge is -2.45. The fourth-order valence-electron chi connectivity index (χ4n) is 3.57. The summed E-state index contributed by atoms with van der Waals surface area (Å²) in [5, 5.41) is 3.64. The van der Waals surface area contributed by atoms with Gasteiger partial charge in [0.25, 0.3) is 0 Å². The standard InChI is InChI=1S/C15H31NO2/c1-14(2)10-13(11-15(3,4)12-14)16-6-7-18-9-8-17-5/h13,16H,6-12H2,1-5H3. The Labute approximate surface area is 113 Å². The van der Waals surface area contributed by atoms with Crippen LogP contribution in [0.1, 0.15) is 47.0 Å². The van der Waals surface area contributed by atoms with Crippen molar-refractivity contribution in [3.8, 4) is 0 Å². The van der Waals surface area contributed by atoms with Crippen molar-refractivity contribution in [1.29, 1.82) is 0 Å². The zero-order valence-electron chi connectivity index (χ0n) is 12.8. The molecule has 0 aliphatic heterocycles. The van der Waals surface area contributed by atoms with Gasteiger partial charge in [0.1, 0.15) is 0 Å². The van der Waals surface area contributed by atoms with Crippen molar-refractivity contribution in [3.63, 3.8) is 0 Å². The van der Waals surface area contributed by atoms with Crippen molar-refractivity contribution >= 4 is 0 Å². The first-order chi connectivity index (χ1) is 8.35. The average molecular weight is 257 g/mol. The van der Waals surface area contributed by atoms with E-state index in [4.69, 9.17) is 9.47 Å². The van der Waals surface area contributed by atoms with Crippen molar-refractivity contribution in [1.82, 2.24) is 5.32 Å². The second-order valence-electron chi connectivity index (χ2n) is 7.17. The molecule has 108 valence electrons. The maximum atomic E-state index is 5.48. The molecule has 0 amide bonds. The predicted molar refractivity (Wildman–Crippen MR) is 75.9 cm³/mol. The Morgan fingerprint density at radius 1 is 1.00 bits per heavy atom. The Morgan fingerprint density at radius 3 is 2.17 bits per heavy atom. The Balaban J connectivity index is 2.21. The molecule has 1 fully saturated rings. The second-order valence-corrected chi connectivity index (χ2v) is 7.17. The molecule has 0 heterocycles. The van der Waals surface area contributed by atoms with Gasteiger partial charge in [-0.05, 0) is 30.1 Å². The molecule has 1 rings (SSSR count). The van der Waals surface area contributed by atoms with Crippen molar-refractivity contribution in [3.05, 3.63) is 0 Å². The average Bonchev–Trinajstić information content (AvgIpc) is 2.18. The summed E-state index contributed by atoms with van der Waals surface area (Å²) in [5.41, 5.74) is 0.909. The molecule has 1 aliphatic rings. The minimum Gasteiger partial charge on any atom is -0.382 e. The summed E-state index contributed by atoms with van der Waals surface area (Å²) < 4.78 is 10.4. The summed E-state index contributed by atoms with van der Waals surface area (Å²) in [5.74, 6) is 0. The molecule has 1 saturated carbocycles. The molecule has 0 aromatic heterocycles. The highest BCUT2D eigenvalue weighted by atomic mass is 16.5. The van der Waals surface area contributed by atoms with Crippen LogP contribution in [-0.4, -0.2) is 39.5 Å². The summed E-state index contributed by atoms with van der Waals surface area (Å²) in [6.07, 6.45) is 3.87. The molecule has 0 atom stereocenters. The van der Waals surface area contributed by atoms with Crippen molar-refractivity contribution in [2.45, 2.75) is 53.0 Å². The third-order valence-corrected chi connectivity index (χ3v) is 3.67. The van der Waals surface area contributed by atoms with E-state index in [9.17, 15) is 0 Å². The Kier molecular flexibility index (Phi) is 6.09. The molecule has 0 bridgehead atoms. The van der Waals surface area contributed by atoms with Crippen LogP contribution in [0.3, 0.4) is 0 Å². The van der Waals surface area contributed by atoms with E-state index in [2.05, 4.69) is 33.0 Å². The van der Waals surface area contributed by atoms with Crippen LogP contribution in [0.2, 0.25) is 0 Å². The van der Waals surface area contributed by atoms with Crippen LogP contribution in [0.5, 0.6) is 0 Å². The summed E-state index contributed by atoms with van der Waals surface area (Å²) in [6.45, 7) is 12.6. The molecule has 0 aromatic carbocycles. The van der Waals surface area contributed by atoms with Crippen LogP contribution in [-0.2, 0) is 9.47 Å². The van der Waals surface area contributed by atoms with Gasteiger partial charge in [0.2, 0.25) is 0 Å².